The van der Waals surface area contributed by atoms with Gasteiger partial charge < -0.3 is 14.9 Å². The van der Waals surface area contributed by atoms with Gasteiger partial charge in [-0.2, -0.15) is 0 Å². The first-order valence-corrected chi connectivity index (χ1v) is 9.72. The van der Waals surface area contributed by atoms with Gasteiger partial charge in [0.2, 0.25) is 0 Å². The number of hydrogen-bond acceptors (Lipinski definition) is 9. The van der Waals surface area contributed by atoms with Crippen molar-refractivity contribution >= 4 is 46.4 Å². The molecule has 3 rings (SSSR count). The summed E-state index contributed by atoms with van der Waals surface area (Å²) in [5.74, 6) is -3.62. The van der Waals surface area contributed by atoms with Crippen LogP contribution in [0.15, 0.2) is 36.4 Å². The molecule has 31 heavy (non-hydrogen) atoms. The molecule has 2 aliphatic rings. The van der Waals surface area contributed by atoms with Gasteiger partial charge in [0.25, 0.3) is 23.6 Å². The minimum atomic E-state index is -2.77. The second kappa shape index (κ2) is 11.4. The molecule has 0 aromatic heterocycles. The summed E-state index contributed by atoms with van der Waals surface area (Å²) in [6, 6.07) is 6.64. The van der Waals surface area contributed by atoms with E-state index in [1.807, 2.05) is 0 Å². The SMILES string of the molecule is O=C(CCCc1ccc(N2C(=O)C=CC2=O)cc1)ON1C(=O)CC(S(=O)[O-])C1=O.[Na+].[OH-]. The number of amides is 4. The van der Waals surface area contributed by atoms with Gasteiger partial charge >= 0.3 is 35.5 Å². The second-order valence-electron chi connectivity index (χ2n) is 6.31. The van der Waals surface area contributed by atoms with Crippen LogP contribution in [0.4, 0.5) is 5.69 Å². The maximum Gasteiger partial charge on any atom is 1.00 e. The smallest absolute Gasteiger partial charge is 0.870 e. The Balaban J connectivity index is 0.00000240. The summed E-state index contributed by atoms with van der Waals surface area (Å²) in [6.07, 6.45) is 2.53. The molecule has 2 atom stereocenters. The fourth-order valence-corrected chi connectivity index (χ4v) is 3.42. The molecule has 2 heterocycles. The molecule has 4 amide bonds. The standard InChI is InChI=1S/C18H16N2O8S.Na.H2O/c21-14-8-9-15(22)19(14)12-6-4-11(5-7-12)2-1-3-17(24)28-20-16(23)10-13(18(20)25)29(26)27;;/h4-9,13H,1-3,10H2,(H,26,27);;1H2/q;+1;/p-2. The molecule has 13 heteroatoms. The average molecular weight is 459 g/mol. The molecule has 1 saturated heterocycles. The first kappa shape index (κ1) is 26.8. The largest absolute Gasteiger partial charge is 1.00 e. The molecule has 2 aliphatic heterocycles. The van der Waals surface area contributed by atoms with E-state index < -0.39 is 52.3 Å². The number of carbonyl (C=O) groups is 5. The maximum absolute atomic E-state index is 11.8. The summed E-state index contributed by atoms with van der Waals surface area (Å²) < 4.78 is 21.8. The minimum absolute atomic E-state index is 0. The third-order valence-corrected chi connectivity index (χ3v) is 5.17. The predicted octanol–water partition coefficient (Wildman–Crippen LogP) is -3.27. The first-order chi connectivity index (χ1) is 13.8. The Morgan fingerprint density at radius 3 is 2.19 bits per heavy atom. The third-order valence-electron chi connectivity index (χ3n) is 4.34. The number of aryl methyl sites for hydroxylation is 1. The van der Waals surface area contributed by atoms with Gasteiger partial charge in [-0.3, -0.25) is 23.4 Å². The molecule has 160 valence electrons. The van der Waals surface area contributed by atoms with Gasteiger partial charge in [0.1, 0.15) is 5.25 Å². The van der Waals surface area contributed by atoms with Crippen molar-refractivity contribution < 1.29 is 72.6 Å². The van der Waals surface area contributed by atoms with Crippen LogP contribution in [0.5, 0.6) is 0 Å². The Labute approximate surface area is 201 Å². The van der Waals surface area contributed by atoms with E-state index in [1.54, 1.807) is 24.3 Å². The van der Waals surface area contributed by atoms with Gasteiger partial charge in [-0.05, 0) is 41.6 Å². The summed E-state index contributed by atoms with van der Waals surface area (Å²) in [5, 5.41) is -1.33. The van der Waals surface area contributed by atoms with Crippen LogP contribution < -0.4 is 34.5 Å². The van der Waals surface area contributed by atoms with Gasteiger partial charge in [0, 0.05) is 18.6 Å². The Bertz CT molecular complexity index is 930. The maximum atomic E-state index is 11.8. The van der Waals surface area contributed by atoms with Gasteiger partial charge in [0.05, 0.1) is 12.1 Å². The molecule has 0 spiro atoms. The first-order valence-electron chi connectivity index (χ1n) is 8.58. The van der Waals surface area contributed by atoms with E-state index in [2.05, 4.69) is 0 Å². The van der Waals surface area contributed by atoms with Gasteiger partial charge in [-0.1, -0.05) is 12.1 Å². The normalized spacial score (nSPS) is 18.7. The molecular weight excluding hydrogens is 443 g/mol. The monoisotopic (exact) mass is 459 g/mol. The van der Waals surface area contributed by atoms with E-state index in [0.717, 1.165) is 10.5 Å². The number of rotatable bonds is 7. The van der Waals surface area contributed by atoms with Crippen molar-refractivity contribution in [2.24, 2.45) is 0 Å². The molecular formula is C18H16N2NaO9S-. The topological polar surface area (TPSA) is 171 Å². The fourth-order valence-electron chi connectivity index (χ4n) is 2.88. The number of nitrogens with zero attached hydrogens (tertiary/aromatic N) is 2. The number of imide groups is 2. The van der Waals surface area contributed by atoms with Crippen LogP contribution in [0, 0.1) is 0 Å². The molecule has 1 N–H and O–H groups in total. The number of hydroxylamine groups is 2. The molecule has 0 saturated carbocycles. The van der Waals surface area contributed by atoms with Crippen molar-refractivity contribution in [1.82, 2.24) is 5.06 Å². The Kier molecular flexibility index (Phi) is 9.87. The molecule has 1 aromatic rings. The minimum Gasteiger partial charge on any atom is -0.870 e. The fraction of sp³-hybridized carbons (Fsp3) is 0.278. The predicted molar refractivity (Wildman–Crippen MR) is 98.2 cm³/mol. The molecule has 0 radical (unpaired) electrons. The van der Waals surface area contributed by atoms with Crippen molar-refractivity contribution in [3.63, 3.8) is 0 Å². The molecule has 1 fully saturated rings. The second-order valence-corrected chi connectivity index (χ2v) is 7.40. The van der Waals surface area contributed by atoms with E-state index in [0.29, 0.717) is 18.5 Å². The van der Waals surface area contributed by atoms with Crippen molar-refractivity contribution in [3.05, 3.63) is 42.0 Å². The Hall–Kier alpha value is -2.22. The van der Waals surface area contributed by atoms with Crippen LogP contribution in [0.25, 0.3) is 0 Å². The van der Waals surface area contributed by atoms with Crippen LogP contribution in [0.2, 0.25) is 0 Å². The zero-order valence-electron chi connectivity index (χ0n) is 16.4. The molecule has 1 aromatic carbocycles. The quantitative estimate of drug-likeness (QED) is 0.230. The molecule has 2 unspecified atom stereocenters. The van der Waals surface area contributed by atoms with Crippen molar-refractivity contribution in [2.75, 3.05) is 4.90 Å². The Morgan fingerprint density at radius 1 is 1.10 bits per heavy atom. The van der Waals surface area contributed by atoms with Gasteiger partial charge in [0.15, 0.2) is 0 Å². The van der Waals surface area contributed by atoms with Gasteiger partial charge in [-0.25, -0.2) is 9.69 Å². The average Bonchev–Trinajstić information content (AvgIpc) is 3.15. The van der Waals surface area contributed by atoms with E-state index >= 15 is 0 Å². The summed E-state index contributed by atoms with van der Waals surface area (Å²) in [4.78, 5) is 64.2. The van der Waals surface area contributed by atoms with Crippen LogP contribution in [-0.2, 0) is 46.3 Å². The zero-order valence-corrected chi connectivity index (χ0v) is 19.2. The van der Waals surface area contributed by atoms with Crippen LogP contribution in [0.3, 0.4) is 0 Å². The van der Waals surface area contributed by atoms with Crippen molar-refractivity contribution in [1.29, 1.82) is 0 Å². The van der Waals surface area contributed by atoms with E-state index in [-0.39, 0.29) is 46.5 Å². The number of carbonyl (C=O) groups excluding carboxylic acids is 5. The number of benzene rings is 1. The van der Waals surface area contributed by atoms with E-state index in [4.69, 9.17) is 4.84 Å². The van der Waals surface area contributed by atoms with Crippen LogP contribution in [-0.4, -0.2) is 54.1 Å². The van der Waals surface area contributed by atoms with Crippen molar-refractivity contribution in [2.45, 2.75) is 30.9 Å². The summed E-state index contributed by atoms with van der Waals surface area (Å²) >= 11 is -2.77. The zero-order chi connectivity index (χ0) is 21.1. The summed E-state index contributed by atoms with van der Waals surface area (Å²) in [7, 11) is 0. The summed E-state index contributed by atoms with van der Waals surface area (Å²) in [5.41, 5.74) is 1.27. The number of hydrogen-bond donors (Lipinski definition) is 0. The van der Waals surface area contributed by atoms with E-state index in [1.165, 1.54) is 12.2 Å². The number of anilines is 1. The van der Waals surface area contributed by atoms with Gasteiger partial charge in [-0.15, -0.1) is 5.06 Å². The summed E-state index contributed by atoms with van der Waals surface area (Å²) in [6.45, 7) is 0. The third kappa shape index (κ3) is 6.15. The molecule has 0 bridgehead atoms. The van der Waals surface area contributed by atoms with E-state index in [9.17, 15) is 32.7 Å². The molecule has 0 aliphatic carbocycles. The Morgan fingerprint density at radius 2 is 1.68 bits per heavy atom. The van der Waals surface area contributed by atoms with Crippen molar-refractivity contribution in [3.8, 4) is 0 Å². The van der Waals surface area contributed by atoms with Crippen LogP contribution >= 0.6 is 0 Å². The molecule has 11 nitrogen and oxygen atoms in total. The van der Waals surface area contributed by atoms with Crippen LogP contribution in [0.1, 0.15) is 24.8 Å².